The maximum absolute atomic E-state index is 12.0. The third-order valence-electron chi connectivity index (χ3n) is 3.19. The molecule has 2 N–H and O–H groups in total. The standard InChI is InChI=1S/C13H15BrN2O3/c1-19-13(18)10-3-2-9(14)5-11(10)16-7-8(6-15)4-12(16)17/h2-3,5,8H,4,6-7,15H2,1H3. The molecule has 1 atom stereocenters. The first-order chi connectivity index (χ1) is 9.06. The summed E-state index contributed by atoms with van der Waals surface area (Å²) in [5.74, 6) is -0.331. The molecule has 0 aromatic heterocycles. The summed E-state index contributed by atoms with van der Waals surface area (Å²) in [5.41, 5.74) is 6.57. The second-order valence-electron chi connectivity index (χ2n) is 4.46. The fourth-order valence-corrected chi connectivity index (χ4v) is 2.53. The number of hydrogen-bond donors (Lipinski definition) is 1. The number of esters is 1. The molecule has 5 nitrogen and oxygen atoms in total. The molecule has 1 saturated heterocycles. The first-order valence-corrected chi connectivity index (χ1v) is 6.74. The average molecular weight is 327 g/mol. The highest BCUT2D eigenvalue weighted by atomic mass is 79.9. The topological polar surface area (TPSA) is 72.6 Å². The van der Waals surface area contributed by atoms with E-state index in [0.29, 0.717) is 30.8 Å². The predicted octanol–water partition coefficient (Wildman–Crippen LogP) is 1.55. The maximum atomic E-state index is 12.0. The Balaban J connectivity index is 2.41. The van der Waals surface area contributed by atoms with Gasteiger partial charge < -0.3 is 15.4 Å². The van der Waals surface area contributed by atoms with Gasteiger partial charge in [0.25, 0.3) is 0 Å². The van der Waals surface area contributed by atoms with Gasteiger partial charge in [-0.3, -0.25) is 4.79 Å². The molecule has 1 fully saturated rings. The van der Waals surface area contributed by atoms with Crippen LogP contribution in [0.5, 0.6) is 0 Å². The van der Waals surface area contributed by atoms with E-state index < -0.39 is 5.97 Å². The van der Waals surface area contributed by atoms with Crippen molar-refractivity contribution in [2.75, 3.05) is 25.1 Å². The predicted molar refractivity (Wildman–Crippen MR) is 75.0 cm³/mol. The van der Waals surface area contributed by atoms with Crippen LogP contribution in [0.3, 0.4) is 0 Å². The van der Waals surface area contributed by atoms with Gasteiger partial charge in [0.15, 0.2) is 0 Å². The monoisotopic (exact) mass is 326 g/mol. The Kier molecular flexibility index (Phi) is 4.21. The number of anilines is 1. The van der Waals surface area contributed by atoms with Crippen LogP contribution in [0.1, 0.15) is 16.8 Å². The van der Waals surface area contributed by atoms with Crippen molar-refractivity contribution in [3.63, 3.8) is 0 Å². The number of nitrogens with two attached hydrogens (primary N) is 1. The van der Waals surface area contributed by atoms with Crippen molar-refractivity contribution in [3.8, 4) is 0 Å². The lowest BCUT2D eigenvalue weighted by Gasteiger charge is -2.19. The number of benzene rings is 1. The van der Waals surface area contributed by atoms with Crippen LogP contribution < -0.4 is 10.6 Å². The summed E-state index contributed by atoms with van der Waals surface area (Å²) in [6.45, 7) is 1.000. The molecule has 1 unspecified atom stereocenters. The maximum Gasteiger partial charge on any atom is 0.339 e. The number of halogens is 1. The average Bonchev–Trinajstić information content (AvgIpc) is 2.79. The van der Waals surface area contributed by atoms with Crippen molar-refractivity contribution in [2.24, 2.45) is 11.7 Å². The highest BCUT2D eigenvalue weighted by molar-refractivity contribution is 9.10. The molecule has 1 aromatic carbocycles. The number of amides is 1. The molecule has 6 heteroatoms. The van der Waals surface area contributed by atoms with E-state index in [-0.39, 0.29) is 11.8 Å². The van der Waals surface area contributed by atoms with Gasteiger partial charge in [0, 0.05) is 17.4 Å². The van der Waals surface area contributed by atoms with Gasteiger partial charge in [-0.2, -0.15) is 0 Å². The van der Waals surface area contributed by atoms with Gasteiger partial charge in [0.05, 0.1) is 18.4 Å². The SMILES string of the molecule is COC(=O)c1ccc(Br)cc1N1CC(CN)CC1=O. The van der Waals surface area contributed by atoms with Crippen LogP contribution in [-0.2, 0) is 9.53 Å². The van der Waals surface area contributed by atoms with E-state index in [1.54, 1.807) is 23.1 Å². The largest absolute Gasteiger partial charge is 0.465 e. The molecule has 19 heavy (non-hydrogen) atoms. The highest BCUT2D eigenvalue weighted by Gasteiger charge is 2.32. The molecule has 1 amide bonds. The summed E-state index contributed by atoms with van der Waals surface area (Å²) >= 11 is 3.35. The smallest absolute Gasteiger partial charge is 0.339 e. The Morgan fingerprint density at radius 1 is 1.58 bits per heavy atom. The minimum absolute atomic E-state index is 0.0151. The van der Waals surface area contributed by atoms with Gasteiger partial charge >= 0.3 is 5.97 Å². The molecule has 1 aromatic rings. The molecule has 0 aliphatic carbocycles. The molecule has 0 radical (unpaired) electrons. The zero-order valence-electron chi connectivity index (χ0n) is 10.6. The van der Waals surface area contributed by atoms with Crippen LogP contribution >= 0.6 is 15.9 Å². The van der Waals surface area contributed by atoms with E-state index in [1.807, 2.05) is 0 Å². The number of carbonyl (C=O) groups excluding carboxylic acids is 2. The Morgan fingerprint density at radius 2 is 2.32 bits per heavy atom. The van der Waals surface area contributed by atoms with Crippen LogP contribution in [0.2, 0.25) is 0 Å². The normalized spacial score (nSPS) is 18.8. The van der Waals surface area contributed by atoms with E-state index in [0.717, 1.165) is 4.47 Å². The summed E-state index contributed by atoms with van der Waals surface area (Å²) in [4.78, 5) is 25.4. The van der Waals surface area contributed by atoms with E-state index in [9.17, 15) is 9.59 Å². The fourth-order valence-electron chi connectivity index (χ4n) is 2.18. The second kappa shape index (κ2) is 5.71. The van der Waals surface area contributed by atoms with Crippen LogP contribution in [0.4, 0.5) is 5.69 Å². The van der Waals surface area contributed by atoms with Gasteiger partial charge in [-0.05, 0) is 30.7 Å². The van der Waals surface area contributed by atoms with E-state index in [2.05, 4.69) is 15.9 Å². The molecule has 1 heterocycles. The molecule has 0 spiro atoms. The summed E-state index contributed by atoms with van der Waals surface area (Å²) in [7, 11) is 1.32. The highest BCUT2D eigenvalue weighted by Crippen LogP contribution is 2.30. The third kappa shape index (κ3) is 2.79. The van der Waals surface area contributed by atoms with E-state index >= 15 is 0 Å². The molecule has 102 valence electrons. The first kappa shape index (κ1) is 14.0. The second-order valence-corrected chi connectivity index (χ2v) is 5.38. The molecule has 2 rings (SSSR count). The molecule has 0 saturated carbocycles. The molecular weight excluding hydrogens is 312 g/mol. The number of ether oxygens (including phenoxy) is 1. The summed E-state index contributed by atoms with van der Waals surface area (Å²) < 4.78 is 5.55. The van der Waals surface area contributed by atoms with Crippen molar-refractivity contribution in [1.82, 2.24) is 0 Å². The van der Waals surface area contributed by atoms with Gasteiger partial charge in [0.1, 0.15) is 0 Å². The van der Waals surface area contributed by atoms with Gasteiger partial charge in [-0.15, -0.1) is 0 Å². The van der Waals surface area contributed by atoms with Crippen LogP contribution in [0.15, 0.2) is 22.7 Å². The van der Waals surface area contributed by atoms with Crippen LogP contribution in [0, 0.1) is 5.92 Å². The number of methoxy groups -OCH3 is 1. The minimum atomic E-state index is -0.452. The lowest BCUT2D eigenvalue weighted by molar-refractivity contribution is -0.117. The molecule has 0 bridgehead atoms. The van der Waals surface area contributed by atoms with Crippen LogP contribution in [0.25, 0.3) is 0 Å². The first-order valence-electron chi connectivity index (χ1n) is 5.95. The summed E-state index contributed by atoms with van der Waals surface area (Å²) in [5, 5.41) is 0. The molecule has 1 aliphatic heterocycles. The lowest BCUT2D eigenvalue weighted by atomic mass is 10.1. The van der Waals surface area contributed by atoms with E-state index in [1.165, 1.54) is 7.11 Å². The quantitative estimate of drug-likeness (QED) is 0.855. The van der Waals surface area contributed by atoms with Gasteiger partial charge in [-0.25, -0.2) is 4.79 Å². The third-order valence-corrected chi connectivity index (χ3v) is 3.69. The van der Waals surface area contributed by atoms with Crippen molar-refractivity contribution < 1.29 is 14.3 Å². The zero-order chi connectivity index (χ0) is 14.0. The van der Waals surface area contributed by atoms with Gasteiger partial charge in [0.2, 0.25) is 5.91 Å². The Hall–Kier alpha value is -1.40. The molecular formula is C13H15BrN2O3. The van der Waals surface area contributed by atoms with Crippen LogP contribution in [-0.4, -0.2) is 32.1 Å². The number of carbonyl (C=O) groups is 2. The Labute approximate surface area is 119 Å². The molecule has 1 aliphatic rings. The Morgan fingerprint density at radius 3 is 2.89 bits per heavy atom. The Bertz CT molecular complexity index is 519. The van der Waals surface area contributed by atoms with Crippen molar-refractivity contribution in [1.29, 1.82) is 0 Å². The summed E-state index contributed by atoms with van der Waals surface area (Å²) in [6, 6.07) is 5.15. The van der Waals surface area contributed by atoms with Gasteiger partial charge in [-0.1, -0.05) is 15.9 Å². The number of hydrogen-bond acceptors (Lipinski definition) is 4. The lowest BCUT2D eigenvalue weighted by Crippen LogP contribution is -2.27. The minimum Gasteiger partial charge on any atom is -0.465 e. The van der Waals surface area contributed by atoms with Crippen molar-refractivity contribution in [3.05, 3.63) is 28.2 Å². The number of rotatable bonds is 3. The fraction of sp³-hybridized carbons (Fsp3) is 0.385. The van der Waals surface area contributed by atoms with Crippen molar-refractivity contribution in [2.45, 2.75) is 6.42 Å². The summed E-state index contributed by atoms with van der Waals surface area (Å²) in [6.07, 6.45) is 0.420. The van der Waals surface area contributed by atoms with E-state index in [4.69, 9.17) is 10.5 Å². The number of nitrogens with zero attached hydrogens (tertiary/aromatic N) is 1. The van der Waals surface area contributed by atoms with Crippen molar-refractivity contribution >= 4 is 33.5 Å². The zero-order valence-corrected chi connectivity index (χ0v) is 12.1.